The van der Waals surface area contributed by atoms with Crippen LogP contribution in [0.3, 0.4) is 0 Å². The van der Waals surface area contributed by atoms with Crippen LogP contribution < -0.4 is 16.6 Å². The van der Waals surface area contributed by atoms with Crippen LogP contribution in [0, 0.1) is 5.92 Å². The minimum Gasteiger partial charge on any atom is -0.350 e. The van der Waals surface area contributed by atoms with Gasteiger partial charge in [-0.1, -0.05) is 6.92 Å². The van der Waals surface area contributed by atoms with Crippen LogP contribution in [-0.2, 0) is 24.1 Å². The molecule has 150 valence electrons. The van der Waals surface area contributed by atoms with Gasteiger partial charge in [-0.2, -0.15) is 0 Å². The van der Waals surface area contributed by atoms with Gasteiger partial charge in [-0.3, -0.25) is 9.59 Å². The van der Waals surface area contributed by atoms with Crippen LogP contribution >= 0.6 is 23.7 Å². The van der Waals surface area contributed by atoms with E-state index >= 15 is 0 Å². The Morgan fingerprint density at radius 2 is 2.22 bits per heavy atom. The fraction of sp³-hybridized carbons (Fsp3) is 0.588. The van der Waals surface area contributed by atoms with Crippen LogP contribution in [0.4, 0.5) is 8.78 Å². The number of thiophene rings is 1. The van der Waals surface area contributed by atoms with Crippen LogP contribution in [-0.4, -0.2) is 34.9 Å². The quantitative estimate of drug-likeness (QED) is 0.666. The Balaban J connectivity index is 0.00000261. The zero-order valence-corrected chi connectivity index (χ0v) is 16.6. The molecule has 0 radical (unpaired) electrons. The van der Waals surface area contributed by atoms with Crippen molar-refractivity contribution in [2.24, 2.45) is 11.7 Å². The lowest BCUT2D eigenvalue weighted by Crippen LogP contribution is -2.41. The number of amides is 1. The fourth-order valence-corrected chi connectivity index (χ4v) is 4.53. The van der Waals surface area contributed by atoms with Gasteiger partial charge in [0.1, 0.15) is 10.7 Å². The number of nitrogens with two attached hydrogens (primary N) is 1. The van der Waals surface area contributed by atoms with Gasteiger partial charge in [0.25, 0.3) is 11.5 Å². The van der Waals surface area contributed by atoms with Crippen molar-refractivity contribution in [2.45, 2.75) is 45.0 Å². The van der Waals surface area contributed by atoms with Gasteiger partial charge in [0, 0.05) is 17.7 Å². The average Bonchev–Trinajstić information content (AvgIpc) is 2.96. The number of hydrogen-bond acceptors (Lipinski definition) is 5. The molecule has 0 saturated heterocycles. The van der Waals surface area contributed by atoms with Gasteiger partial charge in [0.05, 0.1) is 18.5 Å². The van der Waals surface area contributed by atoms with Gasteiger partial charge in [-0.05, 0) is 30.7 Å². The fourth-order valence-electron chi connectivity index (χ4n) is 3.13. The molecular weight excluding hydrogens is 398 g/mol. The van der Waals surface area contributed by atoms with E-state index in [1.54, 1.807) is 0 Å². The predicted octanol–water partition coefficient (Wildman–Crippen LogP) is 2.17. The maximum absolute atomic E-state index is 13.0. The zero-order chi connectivity index (χ0) is 18.9. The first kappa shape index (κ1) is 21.7. The molecule has 0 aliphatic heterocycles. The summed E-state index contributed by atoms with van der Waals surface area (Å²) in [5.41, 5.74) is 5.84. The minimum absolute atomic E-state index is 0. The Labute approximate surface area is 165 Å². The molecule has 6 nitrogen and oxygen atoms in total. The van der Waals surface area contributed by atoms with Crippen LogP contribution in [0.25, 0.3) is 10.2 Å². The Bertz CT molecular complexity index is 884. The number of carbonyl (C=O) groups excluding carboxylic acids is 1. The molecule has 2 heterocycles. The number of halogens is 3. The van der Waals surface area contributed by atoms with Crippen molar-refractivity contribution in [3.05, 3.63) is 26.6 Å². The highest BCUT2D eigenvalue weighted by molar-refractivity contribution is 7.18. The summed E-state index contributed by atoms with van der Waals surface area (Å²) in [5, 5.41) is 2.81. The van der Waals surface area contributed by atoms with Crippen LogP contribution in [0.2, 0.25) is 0 Å². The molecular formula is C17H23ClF2N4O2S. The SMILES string of the molecule is CC1CCc2c(sc3nc(CCC(=O)NCC(F)(F)CN)[nH]c(=O)c23)C1.Cl. The van der Waals surface area contributed by atoms with E-state index in [4.69, 9.17) is 5.73 Å². The van der Waals surface area contributed by atoms with Crippen molar-refractivity contribution in [3.8, 4) is 0 Å². The molecule has 3 rings (SSSR count). The molecule has 27 heavy (non-hydrogen) atoms. The van der Waals surface area contributed by atoms with Crippen molar-refractivity contribution < 1.29 is 13.6 Å². The Hall–Kier alpha value is -1.58. The number of H-pyrrole nitrogens is 1. The second-order valence-corrected chi connectivity index (χ2v) is 7.96. The summed E-state index contributed by atoms with van der Waals surface area (Å²) in [4.78, 5) is 33.3. The number of hydrogen-bond donors (Lipinski definition) is 3. The predicted molar refractivity (Wildman–Crippen MR) is 104 cm³/mol. The maximum atomic E-state index is 13.0. The van der Waals surface area contributed by atoms with E-state index in [1.807, 2.05) is 0 Å². The van der Waals surface area contributed by atoms with Crippen molar-refractivity contribution in [3.63, 3.8) is 0 Å². The first-order chi connectivity index (χ1) is 12.3. The minimum atomic E-state index is -3.12. The largest absolute Gasteiger partial charge is 0.350 e. The number of carbonyl (C=O) groups is 1. The Morgan fingerprint density at radius 3 is 2.93 bits per heavy atom. The van der Waals surface area contributed by atoms with Gasteiger partial charge in [0.15, 0.2) is 0 Å². The number of aromatic amines is 1. The number of nitrogens with one attached hydrogen (secondary N) is 2. The summed E-state index contributed by atoms with van der Waals surface area (Å²) >= 11 is 1.54. The number of fused-ring (bicyclic) bond motifs is 3. The standard InChI is InChI=1S/C17H22F2N4O2S.ClH/c1-9-2-3-10-11(6-9)26-16-14(10)15(25)22-12(23-16)4-5-13(24)21-8-17(18,19)7-20;/h9H,2-8,20H2,1H3,(H,21,24)(H,22,23,25);1H. The number of aromatic nitrogens is 2. The van der Waals surface area contributed by atoms with Gasteiger partial charge in [-0.15, -0.1) is 23.7 Å². The molecule has 4 N–H and O–H groups in total. The summed E-state index contributed by atoms with van der Waals surface area (Å²) in [5.74, 6) is -2.64. The summed E-state index contributed by atoms with van der Waals surface area (Å²) in [7, 11) is 0. The first-order valence-corrected chi connectivity index (χ1v) is 9.49. The zero-order valence-electron chi connectivity index (χ0n) is 14.9. The number of alkyl halides is 2. The first-order valence-electron chi connectivity index (χ1n) is 8.67. The van der Waals surface area contributed by atoms with E-state index in [-0.39, 0.29) is 30.8 Å². The van der Waals surface area contributed by atoms with Gasteiger partial charge in [-0.25, -0.2) is 13.8 Å². The third-order valence-electron chi connectivity index (χ3n) is 4.65. The topological polar surface area (TPSA) is 101 Å². The van der Waals surface area contributed by atoms with Crippen LogP contribution in [0.5, 0.6) is 0 Å². The summed E-state index contributed by atoms with van der Waals surface area (Å²) < 4.78 is 26.1. The van der Waals surface area contributed by atoms with E-state index in [0.29, 0.717) is 22.0 Å². The molecule has 0 aromatic carbocycles. The van der Waals surface area contributed by atoms with E-state index in [1.165, 1.54) is 16.2 Å². The molecule has 1 aliphatic rings. The smallest absolute Gasteiger partial charge is 0.277 e. The lowest BCUT2D eigenvalue weighted by atomic mass is 9.89. The van der Waals surface area contributed by atoms with Gasteiger partial charge in [0.2, 0.25) is 5.91 Å². The molecule has 0 fully saturated rings. The average molecular weight is 421 g/mol. The van der Waals surface area contributed by atoms with Crippen molar-refractivity contribution >= 4 is 39.9 Å². The van der Waals surface area contributed by atoms with Gasteiger partial charge >= 0.3 is 0 Å². The lowest BCUT2D eigenvalue weighted by Gasteiger charge is -2.17. The summed E-state index contributed by atoms with van der Waals surface area (Å²) in [6, 6.07) is 0. The van der Waals surface area contributed by atoms with Crippen molar-refractivity contribution in [1.82, 2.24) is 15.3 Å². The molecule has 1 aliphatic carbocycles. The van der Waals surface area contributed by atoms with E-state index in [2.05, 4.69) is 22.2 Å². The highest BCUT2D eigenvalue weighted by Crippen LogP contribution is 2.35. The number of nitrogens with zero attached hydrogens (tertiary/aromatic N) is 1. The molecule has 0 spiro atoms. The molecule has 0 bridgehead atoms. The maximum Gasteiger partial charge on any atom is 0.277 e. The highest BCUT2D eigenvalue weighted by atomic mass is 35.5. The van der Waals surface area contributed by atoms with Crippen molar-refractivity contribution in [2.75, 3.05) is 13.1 Å². The summed E-state index contributed by atoms with van der Waals surface area (Å²) in [6.45, 7) is 0.588. The second kappa shape index (κ2) is 8.62. The molecule has 2 aromatic heterocycles. The molecule has 1 amide bonds. The van der Waals surface area contributed by atoms with Gasteiger partial charge < -0.3 is 16.0 Å². The molecule has 1 unspecified atom stereocenters. The highest BCUT2D eigenvalue weighted by Gasteiger charge is 2.27. The second-order valence-electron chi connectivity index (χ2n) is 6.88. The monoisotopic (exact) mass is 420 g/mol. The van der Waals surface area contributed by atoms with E-state index < -0.39 is 24.9 Å². The molecule has 1 atom stereocenters. The lowest BCUT2D eigenvalue weighted by molar-refractivity contribution is -0.122. The molecule has 2 aromatic rings. The molecule has 0 saturated carbocycles. The number of rotatable bonds is 6. The van der Waals surface area contributed by atoms with Crippen molar-refractivity contribution in [1.29, 1.82) is 0 Å². The van der Waals surface area contributed by atoms with E-state index in [0.717, 1.165) is 24.8 Å². The van der Waals surface area contributed by atoms with E-state index in [9.17, 15) is 18.4 Å². The number of aryl methyl sites for hydroxylation is 2. The molecule has 10 heteroatoms. The third kappa shape index (κ3) is 5.03. The Morgan fingerprint density at radius 1 is 1.48 bits per heavy atom. The third-order valence-corrected chi connectivity index (χ3v) is 5.79. The van der Waals surface area contributed by atoms with Crippen LogP contribution in [0.15, 0.2) is 4.79 Å². The normalized spacial score (nSPS) is 16.7. The summed E-state index contributed by atoms with van der Waals surface area (Å²) in [6.07, 6.45) is 3.07. The van der Waals surface area contributed by atoms with Crippen LogP contribution in [0.1, 0.15) is 36.0 Å². The Kier molecular flexibility index (Phi) is 6.93.